The maximum atomic E-state index is 12.5. The van der Waals surface area contributed by atoms with Gasteiger partial charge in [0, 0.05) is 57.9 Å². The van der Waals surface area contributed by atoms with E-state index < -0.39 is 0 Å². The fraction of sp³-hybridized carbons (Fsp3) is 0.588. The third kappa shape index (κ3) is 4.21. The molecule has 0 radical (unpaired) electrons. The van der Waals surface area contributed by atoms with Crippen LogP contribution in [0.25, 0.3) is 0 Å². The van der Waals surface area contributed by atoms with Gasteiger partial charge in [-0.25, -0.2) is 0 Å². The van der Waals surface area contributed by atoms with Crippen molar-refractivity contribution in [2.45, 2.75) is 12.8 Å². The highest BCUT2D eigenvalue weighted by Gasteiger charge is 2.29. The molecule has 22 heavy (non-hydrogen) atoms. The van der Waals surface area contributed by atoms with E-state index in [4.69, 9.17) is 0 Å². The number of aliphatic hydroxyl groups is 2. The molecule has 1 aliphatic heterocycles. The van der Waals surface area contributed by atoms with Crippen LogP contribution in [0.1, 0.15) is 12.0 Å². The molecule has 0 saturated carbocycles. The molecule has 2 rings (SSSR count). The number of nitrogens with zero attached hydrogens (tertiary/aromatic N) is 2. The van der Waals surface area contributed by atoms with Gasteiger partial charge in [-0.3, -0.25) is 4.79 Å². The molecule has 122 valence electrons. The van der Waals surface area contributed by atoms with Crippen LogP contribution in [-0.4, -0.2) is 61.4 Å². The van der Waals surface area contributed by atoms with Crippen molar-refractivity contribution in [3.05, 3.63) is 29.8 Å². The first-order valence-electron chi connectivity index (χ1n) is 7.79. The Labute approximate surface area is 132 Å². The van der Waals surface area contributed by atoms with E-state index in [0.717, 1.165) is 17.7 Å². The number of carbonyl (C=O) groups is 1. The number of hydrogen-bond donors (Lipinski definition) is 2. The van der Waals surface area contributed by atoms with Gasteiger partial charge in [0.15, 0.2) is 0 Å². The van der Waals surface area contributed by atoms with E-state index in [1.54, 1.807) is 4.90 Å². The SMILES string of the molecule is CN(C)c1ccc(CC(=O)N2C[C@H](CO)C[C@H](CO)C2)cc1. The van der Waals surface area contributed by atoms with E-state index in [2.05, 4.69) is 0 Å². The third-order valence-electron chi connectivity index (χ3n) is 4.30. The quantitative estimate of drug-likeness (QED) is 0.842. The van der Waals surface area contributed by atoms with Gasteiger partial charge >= 0.3 is 0 Å². The Morgan fingerprint density at radius 3 is 2.14 bits per heavy atom. The Morgan fingerprint density at radius 2 is 1.68 bits per heavy atom. The van der Waals surface area contributed by atoms with E-state index in [-0.39, 0.29) is 31.0 Å². The van der Waals surface area contributed by atoms with E-state index in [9.17, 15) is 15.0 Å². The van der Waals surface area contributed by atoms with Crippen molar-refractivity contribution in [2.75, 3.05) is 45.3 Å². The van der Waals surface area contributed by atoms with Crippen LogP contribution in [0.2, 0.25) is 0 Å². The molecule has 1 saturated heterocycles. The predicted molar refractivity (Wildman–Crippen MR) is 86.8 cm³/mol. The van der Waals surface area contributed by atoms with Crippen LogP contribution in [0, 0.1) is 11.8 Å². The summed E-state index contributed by atoms with van der Waals surface area (Å²) < 4.78 is 0. The van der Waals surface area contributed by atoms with E-state index >= 15 is 0 Å². The Balaban J connectivity index is 1.98. The number of likely N-dealkylation sites (tertiary alicyclic amines) is 1. The molecule has 1 aromatic carbocycles. The van der Waals surface area contributed by atoms with Crippen LogP contribution in [0.4, 0.5) is 5.69 Å². The molecular weight excluding hydrogens is 280 g/mol. The zero-order valence-corrected chi connectivity index (χ0v) is 13.4. The number of benzene rings is 1. The molecule has 5 heteroatoms. The van der Waals surface area contributed by atoms with Gasteiger partial charge in [-0.15, -0.1) is 0 Å². The van der Waals surface area contributed by atoms with Gasteiger partial charge in [-0.05, 0) is 24.1 Å². The average molecular weight is 306 g/mol. The first-order chi connectivity index (χ1) is 10.5. The van der Waals surface area contributed by atoms with E-state index in [1.165, 1.54) is 0 Å². The number of amides is 1. The fourth-order valence-electron chi connectivity index (χ4n) is 2.98. The van der Waals surface area contributed by atoms with Gasteiger partial charge in [0.2, 0.25) is 5.91 Å². The summed E-state index contributed by atoms with van der Waals surface area (Å²) in [4.78, 5) is 16.3. The highest BCUT2D eigenvalue weighted by molar-refractivity contribution is 5.79. The zero-order chi connectivity index (χ0) is 16.1. The number of aliphatic hydroxyl groups excluding tert-OH is 2. The second-order valence-corrected chi connectivity index (χ2v) is 6.37. The maximum Gasteiger partial charge on any atom is 0.227 e. The largest absolute Gasteiger partial charge is 0.396 e. The molecule has 0 aliphatic carbocycles. The molecule has 2 atom stereocenters. The maximum absolute atomic E-state index is 12.5. The van der Waals surface area contributed by atoms with Gasteiger partial charge < -0.3 is 20.0 Å². The topological polar surface area (TPSA) is 64.0 Å². The molecule has 0 unspecified atom stereocenters. The molecule has 1 heterocycles. The Morgan fingerprint density at radius 1 is 1.14 bits per heavy atom. The lowest BCUT2D eigenvalue weighted by atomic mass is 9.90. The van der Waals surface area contributed by atoms with Crippen LogP contribution < -0.4 is 4.90 Å². The van der Waals surface area contributed by atoms with Gasteiger partial charge in [-0.1, -0.05) is 12.1 Å². The van der Waals surface area contributed by atoms with Crippen LogP contribution >= 0.6 is 0 Å². The van der Waals surface area contributed by atoms with Crippen molar-refractivity contribution in [3.63, 3.8) is 0 Å². The molecule has 0 spiro atoms. The molecule has 1 aliphatic rings. The van der Waals surface area contributed by atoms with Crippen LogP contribution in [0.5, 0.6) is 0 Å². The number of carbonyl (C=O) groups excluding carboxylic acids is 1. The van der Waals surface area contributed by atoms with Crippen molar-refractivity contribution in [3.8, 4) is 0 Å². The van der Waals surface area contributed by atoms with Crippen molar-refractivity contribution >= 4 is 11.6 Å². The average Bonchev–Trinajstić information content (AvgIpc) is 2.54. The van der Waals surface area contributed by atoms with Gasteiger partial charge in [-0.2, -0.15) is 0 Å². The predicted octanol–water partition coefficient (Wildman–Crippen LogP) is 0.744. The van der Waals surface area contributed by atoms with Crippen molar-refractivity contribution in [2.24, 2.45) is 11.8 Å². The monoisotopic (exact) mass is 306 g/mol. The molecule has 5 nitrogen and oxygen atoms in total. The minimum absolute atomic E-state index is 0.0641. The highest BCUT2D eigenvalue weighted by atomic mass is 16.3. The summed E-state index contributed by atoms with van der Waals surface area (Å²) in [5, 5.41) is 18.7. The van der Waals surface area contributed by atoms with Crippen molar-refractivity contribution in [1.82, 2.24) is 4.90 Å². The zero-order valence-electron chi connectivity index (χ0n) is 13.4. The van der Waals surface area contributed by atoms with Gasteiger partial charge in [0.1, 0.15) is 0 Å². The summed E-state index contributed by atoms with van der Waals surface area (Å²) in [7, 11) is 3.97. The van der Waals surface area contributed by atoms with Crippen molar-refractivity contribution in [1.29, 1.82) is 0 Å². The number of anilines is 1. The molecule has 2 N–H and O–H groups in total. The van der Waals surface area contributed by atoms with Crippen LogP contribution in [0.3, 0.4) is 0 Å². The van der Waals surface area contributed by atoms with Crippen molar-refractivity contribution < 1.29 is 15.0 Å². The van der Waals surface area contributed by atoms with E-state index in [1.807, 2.05) is 43.3 Å². The highest BCUT2D eigenvalue weighted by Crippen LogP contribution is 2.22. The molecule has 1 fully saturated rings. The molecule has 1 amide bonds. The molecular formula is C17H26N2O3. The molecule has 1 aromatic rings. The Kier molecular flexibility index (Phi) is 5.80. The number of hydrogen-bond acceptors (Lipinski definition) is 4. The standard InChI is InChI=1S/C17H26N2O3/c1-18(2)16-5-3-13(4-6-16)8-17(22)19-9-14(11-20)7-15(10-19)12-21/h3-6,14-15,20-21H,7-12H2,1-2H3/t14-,15+. The fourth-order valence-corrected chi connectivity index (χ4v) is 2.98. The first-order valence-corrected chi connectivity index (χ1v) is 7.79. The summed E-state index contributed by atoms with van der Waals surface area (Å²) in [5.74, 6) is 0.214. The summed E-state index contributed by atoms with van der Waals surface area (Å²) in [6, 6.07) is 7.96. The van der Waals surface area contributed by atoms with Crippen LogP contribution in [0.15, 0.2) is 24.3 Å². The minimum atomic E-state index is 0.0641. The first kappa shape index (κ1) is 16.8. The lowest BCUT2D eigenvalue weighted by molar-refractivity contribution is -0.134. The molecule has 0 bridgehead atoms. The number of piperidine rings is 1. The summed E-state index contributed by atoms with van der Waals surface area (Å²) >= 11 is 0. The third-order valence-corrected chi connectivity index (χ3v) is 4.30. The lowest BCUT2D eigenvalue weighted by Gasteiger charge is -2.36. The van der Waals surface area contributed by atoms with Crippen LogP contribution in [-0.2, 0) is 11.2 Å². The second-order valence-electron chi connectivity index (χ2n) is 6.37. The summed E-state index contributed by atoms with van der Waals surface area (Å²) in [6.07, 6.45) is 1.15. The normalized spacial score (nSPS) is 21.7. The summed E-state index contributed by atoms with van der Waals surface area (Å²) in [5.41, 5.74) is 2.09. The van der Waals surface area contributed by atoms with Gasteiger partial charge in [0.25, 0.3) is 0 Å². The van der Waals surface area contributed by atoms with E-state index in [0.29, 0.717) is 19.5 Å². The number of rotatable bonds is 5. The van der Waals surface area contributed by atoms with Gasteiger partial charge in [0.05, 0.1) is 6.42 Å². The smallest absolute Gasteiger partial charge is 0.227 e. The second kappa shape index (κ2) is 7.61. The Bertz CT molecular complexity index is 475. The lowest BCUT2D eigenvalue weighted by Crippen LogP contribution is -2.46. The summed E-state index contributed by atoms with van der Waals surface area (Å²) in [6.45, 7) is 1.30. The Hall–Kier alpha value is -1.59. The minimum Gasteiger partial charge on any atom is -0.396 e. The molecule has 0 aromatic heterocycles.